The van der Waals surface area contributed by atoms with Gasteiger partial charge in [-0.15, -0.1) is 0 Å². The Labute approximate surface area is 62.0 Å². The normalized spacial score (nSPS) is 9.11. The smallest absolute Gasteiger partial charge is 0.123 e. The number of hydrogen-bond acceptors (Lipinski definition) is 2. The molecule has 2 nitrogen and oxygen atoms in total. The van der Waals surface area contributed by atoms with Crippen molar-refractivity contribution >= 4 is 15.9 Å². The van der Waals surface area contributed by atoms with Gasteiger partial charge in [-0.1, -0.05) is 0 Å². The van der Waals surface area contributed by atoms with Gasteiger partial charge < -0.3 is 4.74 Å². The quantitative estimate of drug-likeness (QED) is 0.623. The van der Waals surface area contributed by atoms with E-state index in [1.165, 1.54) is 0 Å². The molecule has 3 heteroatoms. The van der Waals surface area contributed by atoms with Gasteiger partial charge in [0.1, 0.15) is 10.4 Å². The average Bonchev–Trinajstić information content (AvgIpc) is 1.88. The van der Waals surface area contributed by atoms with Gasteiger partial charge in [0, 0.05) is 12.1 Å². The van der Waals surface area contributed by atoms with Crippen molar-refractivity contribution in [1.82, 2.24) is 4.98 Å². The summed E-state index contributed by atoms with van der Waals surface area (Å²) in [5, 5.41) is 0. The average molecular weight is 187 g/mol. The lowest BCUT2D eigenvalue weighted by molar-refractivity contribution is 0.413. The van der Waals surface area contributed by atoms with Crippen molar-refractivity contribution in [3.63, 3.8) is 0 Å². The fourth-order valence-corrected chi connectivity index (χ4v) is 0.795. The zero-order chi connectivity index (χ0) is 6.69. The van der Waals surface area contributed by atoms with Crippen molar-refractivity contribution in [1.29, 1.82) is 0 Å². The highest BCUT2D eigenvalue weighted by molar-refractivity contribution is 9.10. The third-order valence-corrected chi connectivity index (χ3v) is 1.28. The first-order valence-corrected chi connectivity index (χ1v) is 3.20. The van der Waals surface area contributed by atoms with E-state index in [-0.39, 0.29) is 0 Å². The first-order valence-electron chi connectivity index (χ1n) is 2.40. The van der Waals surface area contributed by atoms with Crippen LogP contribution in [0, 0.1) is 6.20 Å². The van der Waals surface area contributed by atoms with Crippen LogP contribution >= 0.6 is 15.9 Å². The van der Waals surface area contributed by atoms with Gasteiger partial charge in [0.2, 0.25) is 0 Å². The zero-order valence-electron chi connectivity index (χ0n) is 4.89. The van der Waals surface area contributed by atoms with Crippen LogP contribution < -0.4 is 4.74 Å². The topological polar surface area (TPSA) is 22.1 Å². The van der Waals surface area contributed by atoms with Crippen molar-refractivity contribution in [3.05, 3.63) is 22.9 Å². The Balaban J connectivity index is 2.94. The van der Waals surface area contributed by atoms with Gasteiger partial charge in [0.05, 0.1) is 13.3 Å². The molecule has 0 saturated carbocycles. The fraction of sp³-hybridized carbons (Fsp3) is 0.167. The molecule has 0 aliphatic carbocycles. The highest BCUT2D eigenvalue weighted by Crippen LogP contribution is 2.13. The van der Waals surface area contributed by atoms with E-state index in [0.717, 1.165) is 10.4 Å². The second-order valence-corrected chi connectivity index (χ2v) is 2.27. The largest absolute Gasteiger partial charge is 0.497 e. The number of rotatable bonds is 1. The Morgan fingerprint density at radius 3 is 3.00 bits per heavy atom. The molecule has 0 N–H and O–H groups in total. The molecule has 1 aromatic rings. The number of ether oxygens (including phenoxy) is 1. The summed E-state index contributed by atoms with van der Waals surface area (Å²) >= 11 is 3.18. The number of pyridine rings is 1. The molecule has 0 aliphatic rings. The minimum atomic E-state index is 0.738. The van der Waals surface area contributed by atoms with Crippen LogP contribution in [0.2, 0.25) is 0 Å². The van der Waals surface area contributed by atoms with Crippen molar-refractivity contribution in [3.8, 4) is 5.75 Å². The molecular formula is C6H5BrNO. The lowest BCUT2D eigenvalue weighted by Crippen LogP contribution is -1.82. The molecular weight excluding hydrogens is 182 g/mol. The van der Waals surface area contributed by atoms with Gasteiger partial charge in [0.25, 0.3) is 0 Å². The lowest BCUT2D eigenvalue weighted by Gasteiger charge is -1.95. The molecule has 0 aromatic carbocycles. The Morgan fingerprint density at radius 1 is 1.78 bits per heavy atom. The Hall–Kier alpha value is -0.570. The molecule has 9 heavy (non-hydrogen) atoms. The molecule has 0 spiro atoms. The second kappa shape index (κ2) is 2.82. The van der Waals surface area contributed by atoms with E-state index >= 15 is 0 Å². The molecule has 0 unspecified atom stereocenters. The Kier molecular flexibility index (Phi) is 2.05. The summed E-state index contributed by atoms with van der Waals surface area (Å²) in [7, 11) is 1.61. The molecule has 1 rings (SSSR count). The molecule has 0 bridgehead atoms. The van der Waals surface area contributed by atoms with E-state index in [4.69, 9.17) is 4.74 Å². The van der Waals surface area contributed by atoms with E-state index in [0.29, 0.717) is 0 Å². The Morgan fingerprint density at radius 2 is 2.56 bits per heavy atom. The maximum absolute atomic E-state index is 4.89. The minimum absolute atomic E-state index is 0.738. The van der Waals surface area contributed by atoms with Crippen LogP contribution in [-0.2, 0) is 0 Å². The molecule has 0 fully saturated rings. The predicted molar refractivity (Wildman–Crippen MR) is 37.3 cm³/mol. The van der Waals surface area contributed by atoms with Crippen LogP contribution in [-0.4, -0.2) is 12.1 Å². The summed E-state index contributed by atoms with van der Waals surface area (Å²) in [5.74, 6) is 0.761. The highest BCUT2D eigenvalue weighted by atomic mass is 79.9. The van der Waals surface area contributed by atoms with Gasteiger partial charge >= 0.3 is 0 Å². The molecule has 0 atom stereocenters. The van der Waals surface area contributed by atoms with E-state index in [1.807, 2.05) is 0 Å². The van der Waals surface area contributed by atoms with E-state index in [1.54, 1.807) is 19.2 Å². The third kappa shape index (κ3) is 1.68. The number of aromatic nitrogens is 1. The van der Waals surface area contributed by atoms with Gasteiger partial charge in [-0.2, -0.15) is 0 Å². The minimum Gasteiger partial charge on any atom is -0.497 e. The summed E-state index contributed by atoms with van der Waals surface area (Å²) in [4.78, 5) is 3.80. The van der Waals surface area contributed by atoms with E-state index in [9.17, 15) is 0 Å². The van der Waals surface area contributed by atoms with Gasteiger partial charge in [0.15, 0.2) is 0 Å². The fourth-order valence-electron chi connectivity index (χ4n) is 0.467. The first kappa shape index (κ1) is 6.55. The van der Waals surface area contributed by atoms with Crippen molar-refractivity contribution in [2.24, 2.45) is 0 Å². The highest BCUT2D eigenvalue weighted by Gasteiger charge is 1.90. The SMILES string of the molecule is COc1c[c]nc(Br)c1. The number of methoxy groups -OCH3 is 1. The van der Waals surface area contributed by atoms with Crippen LogP contribution in [0.15, 0.2) is 16.7 Å². The maximum Gasteiger partial charge on any atom is 0.123 e. The summed E-state index contributed by atoms with van der Waals surface area (Å²) < 4.78 is 5.63. The molecule has 0 amide bonds. The molecule has 0 aliphatic heterocycles. The van der Waals surface area contributed by atoms with Crippen LogP contribution in [0.4, 0.5) is 0 Å². The van der Waals surface area contributed by atoms with Gasteiger partial charge in [-0.25, -0.2) is 4.98 Å². The number of nitrogens with zero attached hydrogens (tertiary/aromatic N) is 1. The van der Waals surface area contributed by atoms with Gasteiger partial charge in [-0.3, -0.25) is 0 Å². The van der Waals surface area contributed by atoms with Crippen LogP contribution in [0.3, 0.4) is 0 Å². The van der Waals surface area contributed by atoms with E-state index < -0.39 is 0 Å². The third-order valence-electron chi connectivity index (χ3n) is 0.875. The molecule has 1 radical (unpaired) electrons. The van der Waals surface area contributed by atoms with Crippen molar-refractivity contribution in [2.45, 2.75) is 0 Å². The number of halogens is 1. The summed E-state index contributed by atoms with van der Waals surface area (Å²) in [6.07, 6.45) is 2.66. The summed E-state index contributed by atoms with van der Waals surface area (Å²) in [6, 6.07) is 3.45. The van der Waals surface area contributed by atoms with E-state index in [2.05, 4.69) is 27.1 Å². The van der Waals surface area contributed by atoms with Crippen LogP contribution in [0.5, 0.6) is 5.75 Å². The van der Waals surface area contributed by atoms with Gasteiger partial charge in [-0.05, 0) is 15.9 Å². The molecule has 0 saturated heterocycles. The standard InChI is InChI=1S/C6H5BrNO/c1-9-5-2-3-8-6(7)4-5/h2,4H,1H3. The van der Waals surface area contributed by atoms with Crippen LogP contribution in [0.25, 0.3) is 0 Å². The zero-order valence-corrected chi connectivity index (χ0v) is 6.47. The van der Waals surface area contributed by atoms with Crippen LogP contribution in [0.1, 0.15) is 0 Å². The summed E-state index contributed by atoms with van der Waals surface area (Å²) in [5.41, 5.74) is 0. The van der Waals surface area contributed by atoms with Crippen molar-refractivity contribution < 1.29 is 4.74 Å². The monoisotopic (exact) mass is 186 g/mol. The molecule has 47 valence electrons. The Bertz CT molecular complexity index is 202. The van der Waals surface area contributed by atoms with Crippen molar-refractivity contribution in [2.75, 3.05) is 7.11 Å². The molecule has 1 heterocycles. The molecule has 1 aromatic heterocycles. The number of hydrogen-bond donors (Lipinski definition) is 0. The first-order chi connectivity index (χ1) is 4.33. The summed E-state index contributed by atoms with van der Waals surface area (Å²) in [6.45, 7) is 0. The second-order valence-electron chi connectivity index (χ2n) is 1.46. The maximum atomic E-state index is 4.89. The lowest BCUT2D eigenvalue weighted by atomic mass is 10.5. The predicted octanol–water partition coefficient (Wildman–Crippen LogP) is 1.65.